The third-order valence-electron chi connectivity index (χ3n) is 3.74. The molecule has 6 heteroatoms. The van der Waals surface area contributed by atoms with Gasteiger partial charge in [-0.1, -0.05) is 6.07 Å². The van der Waals surface area contributed by atoms with Gasteiger partial charge in [0.05, 0.1) is 7.11 Å². The van der Waals surface area contributed by atoms with Gasteiger partial charge in [-0.3, -0.25) is 4.98 Å². The summed E-state index contributed by atoms with van der Waals surface area (Å²) in [5, 5.41) is 0. The average Bonchev–Trinajstić information content (AvgIpc) is 2.52. The summed E-state index contributed by atoms with van der Waals surface area (Å²) in [4.78, 5) is 4.18. The monoisotopic (exact) mass is 334 g/mol. The first kappa shape index (κ1) is 17.4. The van der Waals surface area contributed by atoms with Gasteiger partial charge in [0.25, 0.3) is 0 Å². The number of likely N-dealkylation sites (N-methyl/N-ethyl adjacent to an activating group) is 1. The minimum Gasteiger partial charge on any atom is -0.495 e. The van der Waals surface area contributed by atoms with E-state index in [4.69, 9.17) is 4.74 Å². The van der Waals surface area contributed by atoms with E-state index >= 15 is 0 Å². The van der Waals surface area contributed by atoms with Crippen LogP contribution in [0.15, 0.2) is 41.6 Å². The summed E-state index contributed by atoms with van der Waals surface area (Å²) in [6.45, 7) is 4.12. The summed E-state index contributed by atoms with van der Waals surface area (Å²) in [7, 11) is -0.520. The Morgan fingerprint density at radius 2 is 1.83 bits per heavy atom. The highest BCUT2D eigenvalue weighted by atomic mass is 32.2. The quantitative estimate of drug-likeness (QED) is 0.815. The summed E-state index contributed by atoms with van der Waals surface area (Å²) in [5.41, 5.74) is 2.76. The zero-order valence-corrected chi connectivity index (χ0v) is 14.7. The van der Waals surface area contributed by atoms with Crippen LogP contribution in [0.25, 0.3) is 0 Å². The maximum Gasteiger partial charge on any atom is 0.246 e. The molecule has 0 bridgehead atoms. The van der Waals surface area contributed by atoms with E-state index in [-0.39, 0.29) is 4.90 Å². The SMILES string of the molecule is COc1c(C)cc(C)cc1S(=O)(=O)N(C)CCc1ccncc1. The zero-order valence-electron chi connectivity index (χ0n) is 13.9. The molecule has 0 unspecified atom stereocenters. The van der Waals surface area contributed by atoms with Crippen molar-refractivity contribution in [3.63, 3.8) is 0 Å². The Kier molecular flexibility index (Phi) is 5.38. The summed E-state index contributed by atoms with van der Waals surface area (Å²) >= 11 is 0. The molecule has 0 saturated carbocycles. The highest BCUT2D eigenvalue weighted by molar-refractivity contribution is 7.89. The summed E-state index contributed by atoms with van der Waals surface area (Å²) in [5.74, 6) is 0.409. The molecule has 0 aliphatic carbocycles. The Bertz CT molecular complexity index is 774. The number of sulfonamides is 1. The van der Waals surface area contributed by atoms with E-state index in [1.54, 1.807) is 25.5 Å². The molecule has 2 aromatic rings. The Hall–Kier alpha value is -1.92. The molecule has 1 aromatic carbocycles. The van der Waals surface area contributed by atoms with Gasteiger partial charge in [-0.25, -0.2) is 12.7 Å². The lowest BCUT2D eigenvalue weighted by Gasteiger charge is -2.20. The van der Waals surface area contributed by atoms with Crippen LogP contribution in [0, 0.1) is 13.8 Å². The second-order valence-electron chi connectivity index (χ2n) is 5.55. The number of benzene rings is 1. The van der Waals surface area contributed by atoms with Gasteiger partial charge in [0.1, 0.15) is 10.6 Å². The number of methoxy groups -OCH3 is 1. The summed E-state index contributed by atoms with van der Waals surface area (Å²) in [6.07, 6.45) is 4.04. The second kappa shape index (κ2) is 7.10. The number of hydrogen-bond acceptors (Lipinski definition) is 4. The fourth-order valence-electron chi connectivity index (χ4n) is 2.49. The summed E-state index contributed by atoms with van der Waals surface area (Å²) in [6, 6.07) is 7.34. The fraction of sp³-hybridized carbons (Fsp3) is 0.353. The molecule has 0 aliphatic heterocycles. The Morgan fingerprint density at radius 1 is 1.17 bits per heavy atom. The maximum absolute atomic E-state index is 12.9. The van der Waals surface area contributed by atoms with Crippen molar-refractivity contribution in [1.82, 2.24) is 9.29 Å². The van der Waals surface area contributed by atoms with Crippen LogP contribution in [-0.4, -0.2) is 38.4 Å². The zero-order chi connectivity index (χ0) is 17.0. The van der Waals surface area contributed by atoms with Crippen molar-refractivity contribution in [3.05, 3.63) is 53.3 Å². The predicted octanol–water partition coefficient (Wildman–Crippen LogP) is 2.57. The van der Waals surface area contributed by atoms with E-state index < -0.39 is 10.0 Å². The van der Waals surface area contributed by atoms with Crippen LogP contribution in [0.1, 0.15) is 16.7 Å². The normalized spacial score (nSPS) is 11.7. The molecule has 5 nitrogen and oxygen atoms in total. The number of nitrogens with zero attached hydrogens (tertiary/aromatic N) is 2. The van der Waals surface area contributed by atoms with Crippen LogP contribution in [0.2, 0.25) is 0 Å². The van der Waals surface area contributed by atoms with Gasteiger partial charge >= 0.3 is 0 Å². The first-order valence-electron chi connectivity index (χ1n) is 7.36. The van der Waals surface area contributed by atoms with Crippen molar-refractivity contribution in [1.29, 1.82) is 0 Å². The second-order valence-corrected chi connectivity index (χ2v) is 7.56. The minimum atomic E-state index is -3.60. The van der Waals surface area contributed by atoms with Crippen LogP contribution < -0.4 is 4.74 Å². The Labute approximate surface area is 138 Å². The van der Waals surface area contributed by atoms with E-state index in [0.29, 0.717) is 18.7 Å². The number of hydrogen-bond donors (Lipinski definition) is 0. The van der Waals surface area contributed by atoms with Crippen LogP contribution in [0.5, 0.6) is 5.75 Å². The van der Waals surface area contributed by atoms with E-state index in [9.17, 15) is 8.42 Å². The molecule has 0 aliphatic rings. The largest absolute Gasteiger partial charge is 0.495 e. The van der Waals surface area contributed by atoms with Crippen LogP contribution in [0.3, 0.4) is 0 Å². The smallest absolute Gasteiger partial charge is 0.246 e. The lowest BCUT2D eigenvalue weighted by atomic mass is 10.1. The standard InChI is InChI=1S/C17H22N2O3S/c1-13-11-14(2)17(22-4)16(12-13)23(20,21)19(3)10-7-15-5-8-18-9-6-15/h5-6,8-9,11-12H,7,10H2,1-4H3. The number of aromatic nitrogens is 1. The molecule has 1 heterocycles. The molecule has 0 N–H and O–H groups in total. The van der Waals surface area contributed by atoms with Gasteiger partial charge in [-0.2, -0.15) is 0 Å². The third-order valence-corrected chi connectivity index (χ3v) is 5.60. The van der Waals surface area contributed by atoms with Crippen molar-refractivity contribution >= 4 is 10.0 Å². The molecule has 0 radical (unpaired) electrons. The molecule has 0 atom stereocenters. The molecule has 124 valence electrons. The topological polar surface area (TPSA) is 59.5 Å². The minimum absolute atomic E-state index is 0.217. The van der Waals surface area contributed by atoms with Crippen molar-refractivity contribution in [2.45, 2.75) is 25.2 Å². The van der Waals surface area contributed by atoms with E-state index in [1.807, 2.05) is 32.0 Å². The molecule has 2 rings (SSSR count). The number of aryl methyl sites for hydroxylation is 2. The number of pyridine rings is 1. The molecule has 23 heavy (non-hydrogen) atoms. The summed E-state index contributed by atoms with van der Waals surface area (Å²) < 4.78 is 32.4. The molecule has 0 amide bonds. The Morgan fingerprint density at radius 3 is 2.43 bits per heavy atom. The van der Waals surface area contributed by atoms with Gasteiger partial charge in [-0.05, 0) is 55.2 Å². The molecule has 0 spiro atoms. The van der Waals surface area contributed by atoms with E-state index in [0.717, 1.165) is 16.7 Å². The fourth-order valence-corrected chi connectivity index (χ4v) is 3.97. The van der Waals surface area contributed by atoms with Crippen molar-refractivity contribution < 1.29 is 13.2 Å². The van der Waals surface area contributed by atoms with Crippen LogP contribution in [0.4, 0.5) is 0 Å². The molecule has 0 saturated heterocycles. The molecule has 1 aromatic heterocycles. The van der Waals surface area contributed by atoms with E-state index in [2.05, 4.69) is 4.98 Å². The lowest BCUT2D eigenvalue weighted by molar-refractivity contribution is 0.395. The average molecular weight is 334 g/mol. The van der Waals surface area contributed by atoms with Crippen LogP contribution >= 0.6 is 0 Å². The van der Waals surface area contributed by atoms with Crippen molar-refractivity contribution in [3.8, 4) is 5.75 Å². The maximum atomic E-state index is 12.9. The highest BCUT2D eigenvalue weighted by Crippen LogP contribution is 2.31. The van der Waals surface area contributed by atoms with Gasteiger partial charge < -0.3 is 4.74 Å². The number of rotatable bonds is 6. The first-order valence-corrected chi connectivity index (χ1v) is 8.80. The van der Waals surface area contributed by atoms with E-state index in [1.165, 1.54) is 11.4 Å². The predicted molar refractivity (Wildman–Crippen MR) is 90.2 cm³/mol. The van der Waals surface area contributed by atoms with Gasteiger partial charge in [0, 0.05) is 26.0 Å². The molecule has 0 fully saturated rings. The lowest BCUT2D eigenvalue weighted by Crippen LogP contribution is -2.29. The van der Waals surface area contributed by atoms with Crippen molar-refractivity contribution in [2.75, 3.05) is 20.7 Å². The van der Waals surface area contributed by atoms with Gasteiger partial charge in [0.2, 0.25) is 10.0 Å². The van der Waals surface area contributed by atoms with Gasteiger partial charge in [-0.15, -0.1) is 0 Å². The Balaban J connectivity index is 2.27. The van der Waals surface area contributed by atoms with Crippen LogP contribution in [-0.2, 0) is 16.4 Å². The van der Waals surface area contributed by atoms with Crippen molar-refractivity contribution in [2.24, 2.45) is 0 Å². The third kappa shape index (κ3) is 3.89. The molecular formula is C17H22N2O3S. The number of ether oxygens (including phenoxy) is 1. The first-order chi connectivity index (χ1) is 10.9. The highest BCUT2D eigenvalue weighted by Gasteiger charge is 2.26. The molecular weight excluding hydrogens is 312 g/mol. The van der Waals surface area contributed by atoms with Gasteiger partial charge in [0.15, 0.2) is 0 Å².